The van der Waals surface area contributed by atoms with E-state index in [0.717, 1.165) is 12.4 Å². The van der Waals surface area contributed by atoms with Crippen LogP contribution in [0.1, 0.15) is 25.5 Å². The Bertz CT molecular complexity index is 351. The Morgan fingerprint density at radius 3 is 2.10 bits per heavy atom. The predicted octanol–water partition coefficient (Wildman–Crippen LogP) is 2.64. The van der Waals surface area contributed by atoms with E-state index in [2.05, 4.69) is 31.3 Å². The van der Waals surface area contributed by atoms with E-state index in [1.54, 1.807) is 7.11 Å². The summed E-state index contributed by atoms with van der Waals surface area (Å²) >= 11 is 0. The third-order valence-corrected chi connectivity index (χ3v) is 2.97. The van der Waals surface area contributed by atoms with E-state index in [1.165, 1.54) is 5.56 Å². The quantitative estimate of drug-likeness (QED) is 0.669. The molecule has 0 spiro atoms. The molecule has 1 aromatic carbocycles. The number of nitrogens with one attached hydrogen (secondary N) is 1. The van der Waals surface area contributed by atoms with Gasteiger partial charge in [-0.3, -0.25) is 0 Å². The normalized spacial score (nSPS) is 12.7. The molecule has 1 aromatic rings. The first-order valence-corrected chi connectivity index (χ1v) is 7.14. The van der Waals surface area contributed by atoms with Crippen LogP contribution in [0.4, 0.5) is 0 Å². The van der Waals surface area contributed by atoms with Gasteiger partial charge in [0.25, 0.3) is 0 Å². The molecule has 0 saturated carbocycles. The van der Waals surface area contributed by atoms with Gasteiger partial charge in [-0.05, 0) is 30.7 Å². The Balaban J connectivity index is 2.28. The third-order valence-electron chi connectivity index (χ3n) is 2.97. The fraction of sp³-hybridized carbons (Fsp3) is 0.625. The zero-order valence-electron chi connectivity index (χ0n) is 13.0. The van der Waals surface area contributed by atoms with Gasteiger partial charge < -0.3 is 19.5 Å². The van der Waals surface area contributed by atoms with E-state index in [0.29, 0.717) is 25.7 Å². The molecule has 0 saturated heterocycles. The van der Waals surface area contributed by atoms with Crippen LogP contribution in [0.3, 0.4) is 0 Å². The summed E-state index contributed by atoms with van der Waals surface area (Å²) in [6.45, 7) is 6.98. The first-order chi connectivity index (χ1) is 9.67. The molecule has 1 N–H and O–H groups in total. The van der Waals surface area contributed by atoms with Gasteiger partial charge >= 0.3 is 0 Å². The molecule has 0 fully saturated rings. The lowest BCUT2D eigenvalue weighted by atomic mass is 10.1. The zero-order chi connectivity index (χ0) is 14.8. The first-order valence-electron chi connectivity index (χ1n) is 7.14. The van der Waals surface area contributed by atoms with Crippen LogP contribution in [-0.2, 0) is 9.47 Å². The summed E-state index contributed by atoms with van der Waals surface area (Å²) in [6, 6.07) is 8.22. The fourth-order valence-corrected chi connectivity index (χ4v) is 1.82. The van der Waals surface area contributed by atoms with Gasteiger partial charge in [-0.1, -0.05) is 26.0 Å². The van der Waals surface area contributed by atoms with Gasteiger partial charge in [-0.25, -0.2) is 0 Å². The molecular weight excluding hydrogens is 254 g/mol. The molecule has 4 heteroatoms. The van der Waals surface area contributed by atoms with Crippen molar-refractivity contribution in [3.8, 4) is 5.75 Å². The number of benzene rings is 1. The lowest BCUT2D eigenvalue weighted by molar-refractivity contribution is 0.0309. The first kappa shape index (κ1) is 17.0. The maximum Gasteiger partial charge on any atom is 0.118 e. The van der Waals surface area contributed by atoms with Crippen molar-refractivity contribution in [1.82, 2.24) is 5.32 Å². The maximum absolute atomic E-state index is 5.66. The third kappa shape index (κ3) is 6.37. The highest BCUT2D eigenvalue weighted by atomic mass is 16.5. The molecule has 1 unspecified atom stereocenters. The summed E-state index contributed by atoms with van der Waals surface area (Å²) in [4.78, 5) is 0. The SMILES string of the molecule is CNC(COCCOCC(C)C)c1ccc(OC)cc1. The van der Waals surface area contributed by atoms with Crippen molar-refractivity contribution in [2.45, 2.75) is 19.9 Å². The minimum Gasteiger partial charge on any atom is -0.497 e. The molecule has 114 valence electrons. The van der Waals surface area contributed by atoms with E-state index in [-0.39, 0.29) is 6.04 Å². The van der Waals surface area contributed by atoms with Crippen LogP contribution in [-0.4, -0.2) is 40.6 Å². The van der Waals surface area contributed by atoms with Gasteiger partial charge in [0.15, 0.2) is 0 Å². The Morgan fingerprint density at radius 1 is 1.00 bits per heavy atom. The van der Waals surface area contributed by atoms with Gasteiger partial charge in [0.2, 0.25) is 0 Å². The maximum atomic E-state index is 5.66. The number of hydrogen-bond donors (Lipinski definition) is 1. The second kappa shape index (κ2) is 9.75. The lowest BCUT2D eigenvalue weighted by Crippen LogP contribution is -2.22. The van der Waals surface area contributed by atoms with E-state index >= 15 is 0 Å². The molecule has 0 aliphatic carbocycles. The second-order valence-electron chi connectivity index (χ2n) is 5.16. The Kier molecular flexibility index (Phi) is 8.26. The van der Waals surface area contributed by atoms with Crippen molar-refractivity contribution >= 4 is 0 Å². The molecule has 1 rings (SSSR count). The molecule has 0 heterocycles. The zero-order valence-corrected chi connectivity index (χ0v) is 13.0. The molecule has 4 nitrogen and oxygen atoms in total. The van der Waals surface area contributed by atoms with Crippen molar-refractivity contribution in [2.24, 2.45) is 5.92 Å². The van der Waals surface area contributed by atoms with E-state index in [9.17, 15) is 0 Å². The second-order valence-corrected chi connectivity index (χ2v) is 5.16. The van der Waals surface area contributed by atoms with Crippen LogP contribution in [0, 0.1) is 5.92 Å². The Labute approximate surface area is 122 Å². The van der Waals surface area contributed by atoms with Crippen LogP contribution < -0.4 is 10.1 Å². The molecule has 0 aliphatic rings. The monoisotopic (exact) mass is 281 g/mol. The Hall–Kier alpha value is -1.10. The highest BCUT2D eigenvalue weighted by Gasteiger charge is 2.09. The smallest absolute Gasteiger partial charge is 0.118 e. The average molecular weight is 281 g/mol. The van der Waals surface area contributed by atoms with Crippen LogP contribution in [0.5, 0.6) is 5.75 Å². The number of ether oxygens (including phenoxy) is 3. The van der Waals surface area contributed by atoms with Crippen molar-refractivity contribution < 1.29 is 14.2 Å². The largest absolute Gasteiger partial charge is 0.497 e. The molecule has 0 radical (unpaired) electrons. The van der Waals surface area contributed by atoms with E-state index in [1.807, 2.05) is 19.2 Å². The molecule has 1 atom stereocenters. The Morgan fingerprint density at radius 2 is 1.60 bits per heavy atom. The molecule has 0 bridgehead atoms. The van der Waals surface area contributed by atoms with Crippen LogP contribution in [0.2, 0.25) is 0 Å². The van der Waals surface area contributed by atoms with Gasteiger partial charge in [0, 0.05) is 6.61 Å². The highest BCUT2D eigenvalue weighted by molar-refractivity contribution is 5.29. The summed E-state index contributed by atoms with van der Waals surface area (Å²) in [6.07, 6.45) is 0. The van der Waals surface area contributed by atoms with Crippen molar-refractivity contribution in [3.63, 3.8) is 0 Å². The van der Waals surface area contributed by atoms with Crippen LogP contribution >= 0.6 is 0 Å². The molecule has 20 heavy (non-hydrogen) atoms. The lowest BCUT2D eigenvalue weighted by Gasteiger charge is -2.17. The summed E-state index contributed by atoms with van der Waals surface area (Å²) in [7, 11) is 3.61. The topological polar surface area (TPSA) is 39.7 Å². The summed E-state index contributed by atoms with van der Waals surface area (Å²) in [5.74, 6) is 1.44. The minimum absolute atomic E-state index is 0.186. The van der Waals surface area contributed by atoms with Crippen molar-refractivity contribution in [1.29, 1.82) is 0 Å². The van der Waals surface area contributed by atoms with Crippen LogP contribution in [0.25, 0.3) is 0 Å². The highest BCUT2D eigenvalue weighted by Crippen LogP contribution is 2.17. The molecule has 0 aliphatic heterocycles. The standard InChI is InChI=1S/C16H27NO3/c1-13(2)11-19-9-10-20-12-16(17-3)14-5-7-15(18-4)8-6-14/h5-8,13,16-17H,9-12H2,1-4H3. The summed E-state index contributed by atoms with van der Waals surface area (Å²) < 4.78 is 16.3. The predicted molar refractivity (Wildman–Crippen MR) is 81.3 cm³/mol. The molecule has 0 aromatic heterocycles. The van der Waals surface area contributed by atoms with E-state index < -0.39 is 0 Å². The van der Waals surface area contributed by atoms with E-state index in [4.69, 9.17) is 14.2 Å². The number of hydrogen-bond acceptors (Lipinski definition) is 4. The van der Waals surface area contributed by atoms with Gasteiger partial charge in [-0.15, -0.1) is 0 Å². The van der Waals surface area contributed by atoms with Crippen molar-refractivity contribution in [2.75, 3.05) is 40.6 Å². The molecular formula is C16H27NO3. The average Bonchev–Trinajstić information content (AvgIpc) is 2.46. The van der Waals surface area contributed by atoms with Gasteiger partial charge in [0.1, 0.15) is 5.75 Å². The number of rotatable bonds is 10. The number of methoxy groups -OCH3 is 1. The fourth-order valence-electron chi connectivity index (χ4n) is 1.82. The summed E-state index contributed by atoms with van der Waals surface area (Å²) in [5, 5.41) is 3.26. The molecule has 0 amide bonds. The van der Waals surface area contributed by atoms with Crippen LogP contribution in [0.15, 0.2) is 24.3 Å². The number of likely N-dealkylation sites (N-methyl/N-ethyl adjacent to an activating group) is 1. The van der Waals surface area contributed by atoms with Gasteiger partial charge in [-0.2, -0.15) is 0 Å². The van der Waals surface area contributed by atoms with Crippen molar-refractivity contribution in [3.05, 3.63) is 29.8 Å². The van der Waals surface area contributed by atoms with Gasteiger partial charge in [0.05, 0.1) is 33.0 Å². The summed E-state index contributed by atoms with van der Waals surface area (Å²) in [5.41, 5.74) is 1.19. The minimum atomic E-state index is 0.186.